The van der Waals surface area contributed by atoms with E-state index in [1.165, 1.54) is 5.56 Å². The Kier molecular flexibility index (Phi) is 8.37. The molecule has 0 N–H and O–H groups in total. The number of para-hydroxylation sites is 1. The summed E-state index contributed by atoms with van der Waals surface area (Å²) in [5, 5.41) is 0.927. The first kappa shape index (κ1) is 26.4. The maximum absolute atomic E-state index is 13.3. The topological polar surface area (TPSA) is 67.7 Å². The van der Waals surface area contributed by atoms with Gasteiger partial charge in [-0.05, 0) is 79.8 Å². The molecule has 38 heavy (non-hydrogen) atoms. The van der Waals surface area contributed by atoms with Crippen LogP contribution in [0.15, 0.2) is 66.1 Å². The summed E-state index contributed by atoms with van der Waals surface area (Å²) in [6, 6.07) is 15.8. The third kappa shape index (κ3) is 5.90. The predicted molar refractivity (Wildman–Crippen MR) is 151 cm³/mol. The van der Waals surface area contributed by atoms with Gasteiger partial charge in [0.1, 0.15) is 5.75 Å². The lowest BCUT2D eigenvalue weighted by molar-refractivity contribution is -0.119. The Morgan fingerprint density at radius 3 is 2.58 bits per heavy atom. The third-order valence-electron chi connectivity index (χ3n) is 7.42. The van der Waals surface area contributed by atoms with E-state index >= 15 is 0 Å². The SMILES string of the molecule is CCCCC(Oc1ccc(C(=O)N2CCC(N3C(=O)CCc4ccccc43)CC2)cc1)Sc1nccn1C. The van der Waals surface area contributed by atoms with Gasteiger partial charge in [0.15, 0.2) is 10.6 Å². The van der Waals surface area contributed by atoms with Crippen molar-refractivity contribution in [3.8, 4) is 5.75 Å². The van der Waals surface area contributed by atoms with Gasteiger partial charge in [0.05, 0.1) is 0 Å². The van der Waals surface area contributed by atoms with Gasteiger partial charge in [-0.2, -0.15) is 0 Å². The smallest absolute Gasteiger partial charge is 0.253 e. The lowest BCUT2D eigenvalue weighted by Crippen LogP contribution is -2.50. The zero-order valence-electron chi connectivity index (χ0n) is 22.2. The van der Waals surface area contributed by atoms with Gasteiger partial charge in [0, 0.05) is 56.2 Å². The van der Waals surface area contributed by atoms with Crippen LogP contribution in [0, 0.1) is 0 Å². The number of ether oxygens (including phenoxy) is 1. The Morgan fingerprint density at radius 2 is 1.87 bits per heavy atom. The summed E-state index contributed by atoms with van der Waals surface area (Å²) in [7, 11) is 1.98. The summed E-state index contributed by atoms with van der Waals surface area (Å²) in [5.41, 5.74) is 2.90. The zero-order chi connectivity index (χ0) is 26.5. The van der Waals surface area contributed by atoms with Gasteiger partial charge in [-0.1, -0.05) is 31.5 Å². The minimum Gasteiger partial charge on any atom is -0.479 e. The fourth-order valence-electron chi connectivity index (χ4n) is 5.29. The highest BCUT2D eigenvalue weighted by atomic mass is 32.2. The molecule has 1 fully saturated rings. The van der Waals surface area contributed by atoms with Crippen molar-refractivity contribution in [2.45, 2.75) is 68.5 Å². The molecule has 0 saturated carbocycles. The third-order valence-corrected chi connectivity index (χ3v) is 8.62. The second-order valence-corrected chi connectivity index (χ2v) is 11.2. The molecule has 1 saturated heterocycles. The van der Waals surface area contributed by atoms with E-state index in [4.69, 9.17) is 4.74 Å². The van der Waals surface area contributed by atoms with E-state index in [2.05, 4.69) is 24.0 Å². The monoisotopic (exact) mass is 532 g/mol. The lowest BCUT2D eigenvalue weighted by atomic mass is 9.95. The molecule has 1 atom stereocenters. The number of hydrogen-bond acceptors (Lipinski definition) is 5. The first-order valence-corrected chi connectivity index (χ1v) is 14.5. The minimum absolute atomic E-state index is 0.0327. The standard InChI is InChI=1S/C30H36N4O3S/c1-3-4-9-28(38-30-31-18-21-32(30)2)37-25-13-10-23(11-14-25)29(36)33-19-16-24(17-20-33)34-26-8-6-5-7-22(26)12-15-27(34)35/h5-8,10-11,13-14,18,21,24,28H,3-4,9,12,15-17,19-20H2,1-2H3. The first-order valence-electron chi connectivity index (χ1n) is 13.6. The summed E-state index contributed by atoms with van der Waals surface area (Å²) in [4.78, 5) is 34.4. The highest BCUT2D eigenvalue weighted by Gasteiger charge is 2.33. The Balaban J connectivity index is 1.18. The predicted octanol–water partition coefficient (Wildman–Crippen LogP) is 5.69. The van der Waals surface area contributed by atoms with Crippen molar-refractivity contribution in [1.82, 2.24) is 14.5 Å². The lowest BCUT2D eigenvalue weighted by Gasteiger charge is -2.41. The van der Waals surface area contributed by atoms with Crippen LogP contribution in [0.3, 0.4) is 0 Å². The molecule has 0 bridgehead atoms. The van der Waals surface area contributed by atoms with Crippen LogP contribution in [-0.2, 0) is 18.3 Å². The van der Waals surface area contributed by atoms with E-state index in [-0.39, 0.29) is 23.3 Å². The molecule has 0 radical (unpaired) electrons. The Bertz CT molecular complexity index is 1250. The minimum atomic E-state index is -0.0424. The number of unbranched alkanes of at least 4 members (excludes halogenated alkanes) is 1. The molecule has 1 unspecified atom stereocenters. The molecule has 3 aromatic rings. The van der Waals surface area contributed by atoms with Crippen LogP contribution < -0.4 is 9.64 Å². The number of benzene rings is 2. The van der Waals surface area contributed by atoms with Crippen molar-refractivity contribution in [1.29, 1.82) is 0 Å². The van der Waals surface area contributed by atoms with Crippen LogP contribution in [0.5, 0.6) is 5.75 Å². The number of fused-ring (bicyclic) bond motifs is 1. The van der Waals surface area contributed by atoms with Crippen LogP contribution in [0.1, 0.15) is 61.4 Å². The van der Waals surface area contributed by atoms with E-state index in [1.807, 2.05) is 64.0 Å². The molecule has 2 aromatic carbocycles. The second-order valence-electron chi connectivity index (χ2n) is 10.1. The average molecular weight is 533 g/mol. The van der Waals surface area contributed by atoms with Gasteiger partial charge in [-0.25, -0.2) is 4.98 Å². The van der Waals surface area contributed by atoms with Gasteiger partial charge in [-0.3, -0.25) is 9.59 Å². The van der Waals surface area contributed by atoms with E-state index in [9.17, 15) is 9.59 Å². The fourth-order valence-corrected chi connectivity index (χ4v) is 6.32. The molecule has 3 heterocycles. The summed E-state index contributed by atoms with van der Waals surface area (Å²) < 4.78 is 8.29. The van der Waals surface area contributed by atoms with Crippen molar-refractivity contribution in [3.63, 3.8) is 0 Å². The van der Waals surface area contributed by atoms with Gasteiger partial charge in [0.25, 0.3) is 5.91 Å². The number of carbonyl (C=O) groups is 2. The van der Waals surface area contributed by atoms with Gasteiger partial charge in [0.2, 0.25) is 5.91 Å². The van der Waals surface area contributed by atoms with E-state index in [0.717, 1.165) is 55.1 Å². The summed E-state index contributed by atoms with van der Waals surface area (Å²) >= 11 is 1.62. The summed E-state index contributed by atoms with van der Waals surface area (Å²) in [5.74, 6) is 0.984. The van der Waals surface area contributed by atoms with E-state index in [0.29, 0.717) is 25.1 Å². The molecular weight excluding hydrogens is 496 g/mol. The molecule has 200 valence electrons. The number of thioether (sulfide) groups is 1. The number of hydrogen-bond donors (Lipinski definition) is 0. The van der Waals surface area contributed by atoms with Crippen LogP contribution in [-0.4, -0.2) is 50.8 Å². The molecular formula is C30H36N4O3S. The zero-order valence-corrected chi connectivity index (χ0v) is 23.0. The summed E-state index contributed by atoms with van der Waals surface area (Å²) in [6.07, 6.45) is 9.78. The Morgan fingerprint density at radius 1 is 1.11 bits per heavy atom. The van der Waals surface area contributed by atoms with Crippen molar-refractivity contribution < 1.29 is 14.3 Å². The van der Waals surface area contributed by atoms with Crippen LogP contribution in [0.2, 0.25) is 0 Å². The summed E-state index contributed by atoms with van der Waals surface area (Å²) in [6.45, 7) is 3.47. The quantitative estimate of drug-likeness (QED) is 0.262. The molecule has 2 aliphatic heterocycles. The molecule has 5 rings (SSSR count). The number of amides is 2. The number of likely N-dealkylation sites (tertiary alicyclic amines) is 1. The number of anilines is 1. The van der Waals surface area contributed by atoms with Crippen molar-refractivity contribution in [2.75, 3.05) is 18.0 Å². The largest absolute Gasteiger partial charge is 0.479 e. The van der Waals surface area contributed by atoms with Crippen LogP contribution in [0.25, 0.3) is 0 Å². The molecule has 1 aromatic heterocycles. The van der Waals surface area contributed by atoms with Crippen LogP contribution in [0.4, 0.5) is 5.69 Å². The first-order chi connectivity index (χ1) is 18.5. The number of carbonyl (C=O) groups excluding carboxylic acids is 2. The fraction of sp³-hybridized carbons (Fsp3) is 0.433. The van der Waals surface area contributed by atoms with Gasteiger partial charge in [-0.15, -0.1) is 0 Å². The number of nitrogens with zero attached hydrogens (tertiary/aromatic N) is 4. The molecule has 2 amide bonds. The second kappa shape index (κ2) is 12.1. The normalized spacial score (nSPS) is 16.8. The van der Waals surface area contributed by atoms with Crippen molar-refractivity contribution in [2.24, 2.45) is 7.05 Å². The molecule has 8 heteroatoms. The van der Waals surface area contributed by atoms with E-state index in [1.54, 1.807) is 18.0 Å². The van der Waals surface area contributed by atoms with Crippen molar-refractivity contribution >= 4 is 29.3 Å². The maximum Gasteiger partial charge on any atom is 0.253 e. The maximum atomic E-state index is 13.3. The number of rotatable bonds is 9. The highest BCUT2D eigenvalue weighted by Crippen LogP contribution is 2.33. The average Bonchev–Trinajstić information content (AvgIpc) is 3.35. The number of imidazole rings is 1. The molecule has 0 spiro atoms. The molecule has 2 aliphatic rings. The number of aryl methyl sites for hydroxylation is 2. The Labute approximate surface area is 229 Å². The number of piperidine rings is 1. The molecule has 7 nitrogen and oxygen atoms in total. The Hall–Kier alpha value is -3.26. The highest BCUT2D eigenvalue weighted by molar-refractivity contribution is 7.99. The van der Waals surface area contributed by atoms with Crippen LogP contribution >= 0.6 is 11.8 Å². The van der Waals surface area contributed by atoms with Crippen molar-refractivity contribution in [3.05, 3.63) is 72.1 Å². The molecule has 0 aliphatic carbocycles. The van der Waals surface area contributed by atoms with Gasteiger partial charge < -0.3 is 19.1 Å². The van der Waals surface area contributed by atoms with Gasteiger partial charge >= 0.3 is 0 Å². The number of aromatic nitrogens is 2. The van der Waals surface area contributed by atoms with E-state index < -0.39 is 0 Å².